The third-order valence-electron chi connectivity index (χ3n) is 4.57. The number of esters is 1. The number of hydrogen-bond donors (Lipinski definition) is 2. The molecule has 2 atom stereocenters. The second-order valence-electron chi connectivity index (χ2n) is 6.20. The monoisotopic (exact) mass is 363 g/mol. The summed E-state index contributed by atoms with van der Waals surface area (Å²) in [6.45, 7) is 3.53. The molecule has 2 aromatic rings. The molecule has 8 heteroatoms. The largest absolute Gasteiger partial charge is 0.464 e. The highest BCUT2D eigenvalue weighted by molar-refractivity contribution is 7.89. The summed E-state index contributed by atoms with van der Waals surface area (Å²) >= 11 is 0. The van der Waals surface area contributed by atoms with Gasteiger partial charge in [0.05, 0.1) is 12.0 Å². The Bertz CT molecular complexity index is 898. The van der Waals surface area contributed by atoms with Crippen molar-refractivity contribution >= 4 is 26.8 Å². The van der Waals surface area contributed by atoms with Gasteiger partial charge in [-0.05, 0) is 31.0 Å². The Labute approximate surface area is 146 Å². The van der Waals surface area contributed by atoms with Crippen LogP contribution >= 0.6 is 0 Å². The van der Waals surface area contributed by atoms with Crippen molar-refractivity contribution in [1.29, 1.82) is 0 Å². The molecule has 1 fully saturated rings. The number of ether oxygens (including phenoxy) is 1. The summed E-state index contributed by atoms with van der Waals surface area (Å²) in [5.74, 6) is -0.350. The lowest BCUT2D eigenvalue weighted by Crippen LogP contribution is -2.50. The smallest absolute Gasteiger partial charge is 0.357 e. The Balaban J connectivity index is 2.04. The van der Waals surface area contributed by atoms with E-state index in [4.69, 9.17) is 4.74 Å². The molecule has 1 aromatic heterocycles. The number of nitrogens with zero attached hydrogens (tertiary/aromatic N) is 1. The number of aromatic nitrogens is 1. The lowest BCUT2D eigenvalue weighted by Gasteiger charge is -2.30. The molecule has 134 valence electrons. The summed E-state index contributed by atoms with van der Waals surface area (Å²) in [6, 6.07) is 6.23. The summed E-state index contributed by atoms with van der Waals surface area (Å²) < 4.78 is 33.4. The van der Waals surface area contributed by atoms with Crippen molar-refractivity contribution in [1.82, 2.24) is 15.0 Å². The minimum Gasteiger partial charge on any atom is -0.464 e. The number of hydrogen-bond acceptors (Lipinski definition) is 6. The molecule has 2 unspecified atom stereocenters. The molecule has 1 aliphatic heterocycles. The van der Waals surface area contributed by atoms with E-state index in [1.54, 1.807) is 18.2 Å². The topological polar surface area (TPSA) is 97.4 Å². The van der Waals surface area contributed by atoms with Gasteiger partial charge >= 0.3 is 5.97 Å². The van der Waals surface area contributed by atoms with Crippen LogP contribution in [0.25, 0.3) is 10.8 Å². The van der Waals surface area contributed by atoms with Crippen molar-refractivity contribution in [3.05, 3.63) is 36.2 Å². The number of piperidine rings is 1. The third-order valence-corrected chi connectivity index (χ3v) is 6.12. The number of sulfonamides is 1. The molecule has 2 heterocycles. The van der Waals surface area contributed by atoms with E-state index in [2.05, 4.69) is 15.0 Å². The fourth-order valence-corrected chi connectivity index (χ4v) is 4.65. The van der Waals surface area contributed by atoms with Crippen LogP contribution in [0.1, 0.15) is 23.8 Å². The van der Waals surface area contributed by atoms with Gasteiger partial charge in [-0.25, -0.2) is 22.9 Å². The van der Waals surface area contributed by atoms with E-state index >= 15 is 0 Å². The third kappa shape index (κ3) is 3.51. The van der Waals surface area contributed by atoms with Crippen LogP contribution in [-0.2, 0) is 14.8 Å². The zero-order valence-electron chi connectivity index (χ0n) is 14.2. The molecule has 0 aliphatic carbocycles. The van der Waals surface area contributed by atoms with Gasteiger partial charge in [0.2, 0.25) is 10.0 Å². The number of carbonyl (C=O) groups is 1. The molecule has 1 saturated heterocycles. The summed E-state index contributed by atoms with van der Waals surface area (Å²) in [4.78, 5) is 16.1. The highest BCUT2D eigenvalue weighted by atomic mass is 32.2. The maximum absolute atomic E-state index is 12.9. The first-order valence-electron chi connectivity index (χ1n) is 8.13. The molecule has 0 amide bonds. The van der Waals surface area contributed by atoms with Gasteiger partial charge in [-0.3, -0.25) is 0 Å². The van der Waals surface area contributed by atoms with E-state index in [0.717, 1.165) is 13.0 Å². The highest BCUT2D eigenvalue weighted by Gasteiger charge is 2.28. The molecule has 3 rings (SSSR count). The standard InChI is InChI=1S/C17H21N3O4S/c1-11-6-8-18-10-14(11)20-25(22,23)15-5-3-4-13-12(15)7-9-19-16(13)17(21)24-2/h3-5,7,9,11,14,18,20H,6,8,10H2,1-2H3. The van der Waals surface area contributed by atoms with Crippen molar-refractivity contribution in [2.75, 3.05) is 20.2 Å². The van der Waals surface area contributed by atoms with Gasteiger partial charge in [-0.1, -0.05) is 19.1 Å². The summed E-state index contributed by atoms with van der Waals surface area (Å²) in [7, 11) is -2.47. The van der Waals surface area contributed by atoms with E-state index < -0.39 is 16.0 Å². The van der Waals surface area contributed by atoms with Gasteiger partial charge in [-0.15, -0.1) is 0 Å². The fourth-order valence-electron chi connectivity index (χ4n) is 3.08. The molecular formula is C17H21N3O4S. The first kappa shape index (κ1) is 17.8. The molecule has 2 N–H and O–H groups in total. The first-order chi connectivity index (χ1) is 11.9. The number of carbonyl (C=O) groups excluding carboxylic acids is 1. The number of benzene rings is 1. The van der Waals surface area contributed by atoms with E-state index in [1.807, 2.05) is 6.92 Å². The molecule has 7 nitrogen and oxygen atoms in total. The fraction of sp³-hybridized carbons (Fsp3) is 0.412. The molecule has 0 bridgehead atoms. The molecule has 0 saturated carbocycles. The van der Waals surface area contributed by atoms with Gasteiger partial charge in [0.15, 0.2) is 5.69 Å². The van der Waals surface area contributed by atoms with Crippen LogP contribution in [0.2, 0.25) is 0 Å². The minimum absolute atomic E-state index is 0.102. The molecule has 1 aromatic carbocycles. The van der Waals surface area contributed by atoms with Crippen LogP contribution in [-0.4, -0.2) is 45.6 Å². The second kappa shape index (κ2) is 7.07. The number of methoxy groups -OCH3 is 1. The Morgan fingerprint density at radius 2 is 2.12 bits per heavy atom. The molecule has 1 aliphatic rings. The molecule has 0 spiro atoms. The maximum Gasteiger partial charge on any atom is 0.357 e. The minimum atomic E-state index is -3.74. The number of pyridine rings is 1. The Morgan fingerprint density at radius 3 is 2.84 bits per heavy atom. The summed E-state index contributed by atoms with van der Waals surface area (Å²) in [6.07, 6.45) is 2.33. The van der Waals surface area contributed by atoms with Crippen molar-refractivity contribution < 1.29 is 17.9 Å². The molecule has 0 radical (unpaired) electrons. The van der Waals surface area contributed by atoms with Crippen molar-refractivity contribution in [3.63, 3.8) is 0 Å². The normalized spacial score (nSPS) is 21.2. The molecule has 25 heavy (non-hydrogen) atoms. The number of fused-ring (bicyclic) bond motifs is 1. The molecular weight excluding hydrogens is 342 g/mol. The van der Waals surface area contributed by atoms with Crippen molar-refractivity contribution in [2.24, 2.45) is 5.92 Å². The van der Waals surface area contributed by atoms with Crippen LogP contribution in [0.4, 0.5) is 0 Å². The summed E-state index contributed by atoms with van der Waals surface area (Å²) in [5.41, 5.74) is 0.102. The van der Waals surface area contributed by atoms with Gasteiger partial charge in [0.25, 0.3) is 0 Å². The second-order valence-corrected chi connectivity index (χ2v) is 7.88. The predicted molar refractivity (Wildman–Crippen MR) is 93.8 cm³/mol. The number of rotatable bonds is 4. The Hall–Kier alpha value is -2.03. The van der Waals surface area contributed by atoms with E-state index in [9.17, 15) is 13.2 Å². The van der Waals surface area contributed by atoms with Crippen molar-refractivity contribution in [3.8, 4) is 0 Å². The van der Waals surface area contributed by atoms with E-state index in [0.29, 0.717) is 17.3 Å². The zero-order chi connectivity index (χ0) is 18.0. The highest BCUT2D eigenvalue weighted by Crippen LogP contribution is 2.26. The van der Waals surface area contributed by atoms with Crippen LogP contribution in [0, 0.1) is 5.92 Å². The van der Waals surface area contributed by atoms with E-state index in [1.165, 1.54) is 19.4 Å². The van der Waals surface area contributed by atoms with Crippen LogP contribution in [0.15, 0.2) is 35.4 Å². The first-order valence-corrected chi connectivity index (χ1v) is 9.61. The lowest BCUT2D eigenvalue weighted by atomic mass is 9.96. The van der Waals surface area contributed by atoms with Crippen LogP contribution < -0.4 is 10.0 Å². The average Bonchev–Trinajstić information content (AvgIpc) is 2.61. The van der Waals surface area contributed by atoms with Crippen LogP contribution in [0.5, 0.6) is 0 Å². The van der Waals surface area contributed by atoms with Crippen molar-refractivity contribution in [2.45, 2.75) is 24.3 Å². The van der Waals surface area contributed by atoms with Crippen LogP contribution in [0.3, 0.4) is 0 Å². The Kier molecular flexibility index (Phi) is 5.03. The summed E-state index contributed by atoms with van der Waals surface area (Å²) in [5, 5.41) is 4.11. The number of nitrogens with one attached hydrogen (secondary N) is 2. The lowest BCUT2D eigenvalue weighted by molar-refractivity contribution is 0.0596. The van der Waals surface area contributed by atoms with E-state index in [-0.39, 0.29) is 22.5 Å². The maximum atomic E-state index is 12.9. The van der Waals surface area contributed by atoms with Gasteiger partial charge < -0.3 is 10.1 Å². The Morgan fingerprint density at radius 1 is 1.32 bits per heavy atom. The quantitative estimate of drug-likeness (QED) is 0.795. The zero-order valence-corrected chi connectivity index (χ0v) is 15.0. The average molecular weight is 363 g/mol. The van der Waals surface area contributed by atoms with Gasteiger partial charge in [-0.2, -0.15) is 0 Å². The predicted octanol–water partition coefficient (Wildman–Crippen LogP) is 1.30. The van der Waals surface area contributed by atoms with Gasteiger partial charge in [0, 0.05) is 29.6 Å². The van der Waals surface area contributed by atoms with Gasteiger partial charge in [0.1, 0.15) is 0 Å². The SMILES string of the molecule is COC(=O)c1nccc2c(S(=O)(=O)NC3CNCCC3C)cccc12.